The van der Waals surface area contributed by atoms with Crippen LogP contribution >= 0.6 is 11.5 Å². The number of benzene rings is 1. The van der Waals surface area contributed by atoms with Crippen molar-refractivity contribution in [3.8, 4) is 0 Å². The SMILES string of the molecule is CCc1nnsc1C(=O)Nc1ccc(CN2C(=O)CCC2=O)cc1. The van der Waals surface area contributed by atoms with Crippen LogP contribution in [0.25, 0.3) is 0 Å². The van der Waals surface area contributed by atoms with E-state index in [1.54, 1.807) is 24.3 Å². The molecule has 1 N–H and O–H groups in total. The van der Waals surface area contributed by atoms with Crippen LogP contribution in [0.2, 0.25) is 0 Å². The summed E-state index contributed by atoms with van der Waals surface area (Å²) in [4.78, 5) is 37.3. The normalized spacial score (nSPS) is 14.3. The van der Waals surface area contributed by atoms with Crippen molar-refractivity contribution < 1.29 is 14.4 Å². The monoisotopic (exact) mass is 344 g/mol. The number of aromatic nitrogens is 2. The Morgan fingerprint density at radius 1 is 1.21 bits per heavy atom. The maximum absolute atomic E-state index is 12.2. The van der Waals surface area contributed by atoms with E-state index in [-0.39, 0.29) is 37.1 Å². The van der Waals surface area contributed by atoms with Crippen molar-refractivity contribution in [2.45, 2.75) is 32.7 Å². The van der Waals surface area contributed by atoms with Crippen LogP contribution in [0.1, 0.15) is 40.7 Å². The van der Waals surface area contributed by atoms with Gasteiger partial charge in [0.25, 0.3) is 5.91 Å². The number of amides is 3. The smallest absolute Gasteiger partial charge is 0.269 e. The second kappa shape index (κ2) is 6.88. The topological polar surface area (TPSA) is 92.3 Å². The van der Waals surface area contributed by atoms with Crippen LogP contribution in [0.3, 0.4) is 0 Å². The lowest BCUT2D eigenvalue weighted by atomic mass is 10.2. The van der Waals surface area contributed by atoms with Gasteiger partial charge in [-0.25, -0.2) is 0 Å². The zero-order chi connectivity index (χ0) is 17.1. The first-order valence-corrected chi connectivity index (χ1v) is 8.40. The third kappa shape index (κ3) is 3.33. The Labute approximate surface area is 142 Å². The highest BCUT2D eigenvalue weighted by molar-refractivity contribution is 7.08. The van der Waals surface area contributed by atoms with E-state index in [4.69, 9.17) is 0 Å². The predicted octanol–water partition coefficient (Wildman–Crippen LogP) is 2.00. The number of nitrogens with zero attached hydrogens (tertiary/aromatic N) is 3. The van der Waals surface area contributed by atoms with E-state index in [9.17, 15) is 14.4 Å². The zero-order valence-corrected chi connectivity index (χ0v) is 13.9. The van der Waals surface area contributed by atoms with E-state index in [0.29, 0.717) is 22.7 Å². The van der Waals surface area contributed by atoms with Gasteiger partial charge in [-0.15, -0.1) is 5.10 Å². The summed E-state index contributed by atoms with van der Waals surface area (Å²) in [6.07, 6.45) is 1.22. The van der Waals surface area contributed by atoms with Gasteiger partial charge in [-0.05, 0) is 35.6 Å². The van der Waals surface area contributed by atoms with Crippen LogP contribution in [0.4, 0.5) is 5.69 Å². The summed E-state index contributed by atoms with van der Waals surface area (Å²) < 4.78 is 3.80. The summed E-state index contributed by atoms with van der Waals surface area (Å²) in [7, 11) is 0. The average Bonchev–Trinajstić information content (AvgIpc) is 3.18. The summed E-state index contributed by atoms with van der Waals surface area (Å²) in [5, 5.41) is 6.72. The molecule has 0 spiro atoms. The maximum atomic E-state index is 12.2. The Hall–Kier alpha value is -2.61. The molecule has 2 aromatic rings. The van der Waals surface area contributed by atoms with Gasteiger partial charge in [0.05, 0.1) is 12.2 Å². The Morgan fingerprint density at radius 2 is 1.88 bits per heavy atom. The molecule has 0 saturated carbocycles. The van der Waals surface area contributed by atoms with Gasteiger partial charge >= 0.3 is 0 Å². The zero-order valence-electron chi connectivity index (χ0n) is 13.1. The molecule has 1 aliphatic heterocycles. The number of hydrogen-bond donors (Lipinski definition) is 1. The summed E-state index contributed by atoms with van der Waals surface area (Å²) in [6, 6.07) is 7.08. The number of aryl methyl sites for hydroxylation is 1. The van der Waals surface area contributed by atoms with Crippen LogP contribution in [-0.4, -0.2) is 32.2 Å². The van der Waals surface area contributed by atoms with Gasteiger partial charge in [-0.1, -0.05) is 23.5 Å². The summed E-state index contributed by atoms with van der Waals surface area (Å²) in [6.45, 7) is 2.19. The highest BCUT2D eigenvalue weighted by Crippen LogP contribution is 2.19. The van der Waals surface area contributed by atoms with Crippen LogP contribution in [0, 0.1) is 0 Å². The van der Waals surface area contributed by atoms with Crippen LogP contribution in [0.15, 0.2) is 24.3 Å². The maximum Gasteiger partial charge on any atom is 0.269 e. The highest BCUT2D eigenvalue weighted by atomic mass is 32.1. The molecule has 1 saturated heterocycles. The summed E-state index contributed by atoms with van der Waals surface area (Å²) in [5.74, 6) is -0.510. The molecule has 7 nitrogen and oxygen atoms in total. The molecule has 0 aliphatic carbocycles. The van der Waals surface area contributed by atoms with Gasteiger partial charge in [-0.3, -0.25) is 19.3 Å². The second-order valence-electron chi connectivity index (χ2n) is 5.43. The van der Waals surface area contributed by atoms with Crippen LogP contribution in [0.5, 0.6) is 0 Å². The van der Waals surface area contributed by atoms with Crippen molar-refractivity contribution in [2.24, 2.45) is 0 Å². The molecule has 8 heteroatoms. The van der Waals surface area contributed by atoms with Crippen molar-refractivity contribution in [3.63, 3.8) is 0 Å². The van der Waals surface area contributed by atoms with Crippen molar-refractivity contribution in [1.82, 2.24) is 14.5 Å². The van der Waals surface area contributed by atoms with Gasteiger partial charge < -0.3 is 5.32 Å². The molecule has 2 heterocycles. The molecule has 1 aromatic carbocycles. The van der Waals surface area contributed by atoms with Crippen molar-refractivity contribution in [1.29, 1.82) is 0 Å². The number of hydrogen-bond acceptors (Lipinski definition) is 6. The van der Waals surface area contributed by atoms with E-state index in [1.807, 2.05) is 6.92 Å². The largest absolute Gasteiger partial charge is 0.321 e. The van der Waals surface area contributed by atoms with Crippen LogP contribution < -0.4 is 5.32 Å². The van der Waals surface area contributed by atoms with Gasteiger partial charge in [0.1, 0.15) is 4.88 Å². The standard InChI is InChI=1S/C16H16N4O3S/c1-2-12-15(24-19-18-12)16(23)17-11-5-3-10(4-6-11)9-20-13(21)7-8-14(20)22/h3-6H,2,7-9H2,1H3,(H,17,23). The highest BCUT2D eigenvalue weighted by Gasteiger charge is 2.28. The molecular formula is C16H16N4O3S. The number of likely N-dealkylation sites (tertiary alicyclic amines) is 1. The molecule has 24 heavy (non-hydrogen) atoms. The lowest BCUT2D eigenvalue weighted by Gasteiger charge is -2.14. The number of nitrogens with one attached hydrogen (secondary N) is 1. The lowest BCUT2D eigenvalue weighted by Crippen LogP contribution is -2.28. The molecular weight excluding hydrogens is 328 g/mol. The molecule has 124 valence electrons. The van der Waals surface area contributed by atoms with E-state index in [2.05, 4.69) is 14.9 Å². The first kappa shape index (κ1) is 16.3. The van der Waals surface area contributed by atoms with Crippen molar-refractivity contribution in [2.75, 3.05) is 5.32 Å². The van der Waals surface area contributed by atoms with E-state index >= 15 is 0 Å². The van der Waals surface area contributed by atoms with Crippen molar-refractivity contribution >= 4 is 34.9 Å². The fourth-order valence-electron chi connectivity index (χ4n) is 2.48. The number of anilines is 1. The Balaban J connectivity index is 1.65. The molecule has 0 unspecified atom stereocenters. The average molecular weight is 344 g/mol. The van der Waals surface area contributed by atoms with Gasteiger partial charge in [0.15, 0.2) is 0 Å². The third-order valence-corrected chi connectivity index (χ3v) is 4.57. The number of imide groups is 1. The first-order chi connectivity index (χ1) is 11.6. The summed E-state index contributed by atoms with van der Waals surface area (Å²) >= 11 is 1.07. The fraction of sp³-hybridized carbons (Fsp3) is 0.312. The molecule has 0 atom stereocenters. The quantitative estimate of drug-likeness (QED) is 0.838. The van der Waals surface area contributed by atoms with Crippen LogP contribution in [-0.2, 0) is 22.6 Å². The number of carbonyl (C=O) groups is 3. The Bertz CT molecular complexity index is 769. The van der Waals surface area contributed by atoms with Gasteiger partial charge in [0, 0.05) is 18.5 Å². The van der Waals surface area contributed by atoms with Gasteiger partial charge in [-0.2, -0.15) is 0 Å². The lowest BCUT2D eigenvalue weighted by molar-refractivity contribution is -0.139. The second-order valence-corrected chi connectivity index (χ2v) is 6.18. The molecule has 1 fully saturated rings. The minimum absolute atomic E-state index is 0.137. The molecule has 3 rings (SSSR count). The number of rotatable bonds is 5. The molecule has 0 radical (unpaired) electrons. The number of carbonyl (C=O) groups excluding carboxylic acids is 3. The predicted molar refractivity (Wildman–Crippen MR) is 88.5 cm³/mol. The third-order valence-electron chi connectivity index (χ3n) is 3.80. The molecule has 1 aromatic heterocycles. The molecule has 1 aliphatic rings. The fourth-order valence-corrected chi connectivity index (χ4v) is 3.12. The molecule has 0 bridgehead atoms. The minimum atomic E-state index is -0.237. The molecule has 3 amide bonds. The van der Waals surface area contributed by atoms with E-state index < -0.39 is 0 Å². The van der Waals surface area contributed by atoms with E-state index in [0.717, 1.165) is 17.1 Å². The van der Waals surface area contributed by atoms with Crippen molar-refractivity contribution in [3.05, 3.63) is 40.4 Å². The van der Waals surface area contributed by atoms with E-state index in [1.165, 1.54) is 4.90 Å². The Morgan fingerprint density at radius 3 is 2.50 bits per heavy atom. The Kier molecular flexibility index (Phi) is 4.66. The summed E-state index contributed by atoms with van der Waals surface area (Å²) in [5.41, 5.74) is 2.16. The first-order valence-electron chi connectivity index (χ1n) is 7.63. The minimum Gasteiger partial charge on any atom is -0.321 e. The van der Waals surface area contributed by atoms with Gasteiger partial charge in [0.2, 0.25) is 11.8 Å².